The maximum Gasteiger partial charge on any atom is 0.264 e. The highest BCUT2D eigenvalue weighted by Gasteiger charge is 2.42. The minimum atomic E-state index is -0.457. The standard InChI is InChI=1S/C23H30N4O2S/c24-11-12-25-22(28)20-15-19(10-13-26(20)23(29)21-7-4-14-30-21)27(18-8-9-18)16-17-5-2-1-3-6-17/h1-7,14,18-20H,8-13,15-16,24H2,(H,25,28)/t19?,20-/m1/s1. The lowest BCUT2D eigenvalue weighted by Gasteiger charge is -2.43. The second-order valence-corrected chi connectivity index (χ2v) is 9.09. The van der Waals surface area contributed by atoms with Crippen LogP contribution in [-0.4, -0.2) is 59.4 Å². The number of nitrogens with zero attached hydrogens (tertiary/aromatic N) is 2. The zero-order valence-corrected chi connectivity index (χ0v) is 18.0. The topological polar surface area (TPSA) is 78.7 Å². The van der Waals surface area contributed by atoms with Crippen molar-refractivity contribution in [2.45, 2.75) is 50.4 Å². The highest BCUT2D eigenvalue weighted by Crippen LogP contribution is 2.35. The van der Waals surface area contributed by atoms with Gasteiger partial charge in [-0.1, -0.05) is 36.4 Å². The number of carbonyl (C=O) groups is 2. The van der Waals surface area contributed by atoms with Gasteiger partial charge in [-0.15, -0.1) is 11.3 Å². The molecule has 2 atom stereocenters. The van der Waals surface area contributed by atoms with Crippen molar-refractivity contribution < 1.29 is 9.59 Å². The van der Waals surface area contributed by atoms with Crippen LogP contribution in [0.2, 0.25) is 0 Å². The third kappa shape index (κ3) is 4.91. The van der Waals surface area contributed by atoms with Gasteiger partial charge in [-0.25, -0.2) is 0 Å². The van der Waals surface area contributed by atoms with Gasteiger partial charge in [0.2, 0.25) is 5.91 Å². The lowest BCUT2D eigenvalue weighted by Crippen LogP contribution is -2.57. The van der Waals surface area contributed by atoms with E-state index in [0.717, 1.165) is 13.0 Å². The fourth-order valence-electron chi connectivity index (χ4n) is 4.35. The van der Waals surface area contributed by atoms with Crippen molar-refractivity contribution in [3.8, 4) is 0 Å². The fraction of sp³-hybridized carbons (Fsp3) is 0.478. The molecule has 1 unspecified atom stereocenters. The van der Waals surface area contributed by atoms with Gasteiger partial charge < -0.3 is 16.0 Å². The molecule has 1 aliphatic carbocycles. The Hall–Kier alpha value is -2.22. The average Bonchev–Trinajstić information content (AvgIpc) is 3.48. The van der Waals surface area contributed by atoms with Crippen LogP contribution in [-0.2, 0) is 11.3 Å². The van der Waals surface area contributed by atoms with Crippen LogP contribution in [0.3, 0.4) is 0 Å². The van der Waals surface area contributed by atoms with E-state index in [4.69, 9.17) is 5.73 Å². The van der Waals surface area contributed by atoms with Gasteiger partial charge in [0.05, 0.1) is 4.88 Å². The Morgan fingerprint density at radius 3 is 2.57 bits per heavy atom. The van der Waals surface area contributed by atoms with Crippen LogP contribution in [0, 0.1) is 0 Å². The molecule has 3 N–H and O–H groups in total. The summed E-state index contributed by atoms with van der Waals surface area (Å²) in [6.07, 6.45) is 3.98. The van der Waals surface area contributed by atoms with E-state index in [2.05, 4.69) is 34.5 Å². The summed E-state index contributed by atoms with van der Waals surface area (Å²) in [6, 6.07) is 14.6. The number of rotatable bonds is 8. The SMILES string of the molecule is NCCNC(=O)[C@H]1CC(N(Cc2ccccc2)C2CC2)CCN1C(=O)c1cccs1. The first-order valence-corrected chi connectivity index (χ1v) is 11.7. The zero-order valence-electron chi connectivity index (χ0n) is 17.2. The number of likely N-dealkylation sites (tertiary alicyclic amines) is 1. The van der Waals surface area contributed by atoms with Crippen LogP contribution in [0.1, 0.15) is 40.9 Å². The molecule has 2 aliphatic rings. The number of benzene rings is 1. The molecule has 2 fully saturated rings. The molecule has 0 bridgehead atoms. The van der Waals surface area contributed by atoms with E-state index < -0.39 is 6.04 Å². The Bertz CT molecular complexity index is 838. The molecule has 0 spiro atoms. The highest BCUT2D eigenvalue weighted by molar-refractivity contribution is 7.12. The summed E-state index contributed by atoms with van der Waals surface area (Å²) in [7, 11) is 0. The number of piperidine rings is 1. The largest absolute Gasteiger partial charge is 0.353 e. The molecule has 0 radical (unpaired) electrons. The third-order valence-corrected chi connectivity index (χ3v) is 6.86. The van der Waals surface area contributed by atoms with E-state index in [1.165, 1.54) is 29.7 Å². The normalized spacial score (nSPS) is 21.6. The summed E-state index contributed by atoms with van der Waals surface area (Å²) in [5, 5.41) is 4.81. The predicted octanol–water partition coefficient (Wildman–Crippen LogP) is 2.46. The van der Waals surface area contributed by atoms with Gasteiger partial charge >= 0.3 is 0 Å². The summed E-state index contributed by atoms with van der Waals surface area (Å²) in [6.45, 7) is 2.31. The van der Waals surface area contributed by atoms with Crippen molar-refractivity contribution in [1.29, 1.82) is 0 Å². The molecule has 2 heterocycles. The molecule has 1 aliphatic heterocycles. The maximum atomic E-state index is 13.1. The van der Waals surface area contributed by atoms with Crippen molar-refractivity contribution in [1.82, 2.24) is 15.1 Å². The molecular formula is C23H30N4O2S. The van der Waals surface area contributed by atoms with Gasteiger partial charge in [-0.3, -0.25) is 14.5 Å². The minimum absolute atomic E-state index is 0.0441. The Balaban J connectivity index is 1.52. The van der Waals surface area contributed by atoms with Crippen LogP contribution >= 0.6 is 11.3 Å². The molecule has 2 amide bonds. The quantitative estimate of drug-likeness (QED) is 0.680. The minimum Gasteiger partial charge on any atom is -0.353 e. The van der Waals surface area contributed by atoms with Gasteiger partial charge in [-0.05, 0) is 42.7 Å². The van der Waals surface area contributed by atoms with Crippen molar-refractivity contribution >= 4 is 23.2 Å². The van der Waals surface area contributed by atoms with Crippen LogP contribution in [0.4, 0.5) is 0 Å². The van der Waals surface area contributed by atoms with Gasteiger partial charge in [0, 0.05) is 38.3 Å². The first kappa shape index (κ1) is 21.0. The first-order valence-electron chi connectivity index (χ1n) is 10.8. The van der Waals surface area contributed by atoms with Crippen molar-refractivity contribution in [3.05, 3.63) is 58.3 Å². The summed E-state index contributed by atoms with van der Waals surface area (Å²) >= 11 is 1.43. The molecule has 6 nitrogen and oxygen atoms in total. The number of thiophene rings is 1. The smallest absolute Gasteiger partial charge is 0.264 e. The Kier molecular flexibility index (Phi) is 6.82. The zero-order chi connectivity index (χ0) is 20.9. The number of nitrogens with one attached hydrogen (secondary N) is 1. The van der Waals surface area contributed by atoms with Gasteiger partial charge in [0.15, 0.2) is 0 Å². The number of amides is 2. The van der Waals surface area contributed by atoms with Crippen LogP contribution < -0.4 is 11.1 Å². The van der Waals surface area contributed by atoms with Gasteiger partial charge in [0.25, 0.3) is 5.91 Å². The van der Waals surface area contributed by atoms with Crippen molar-refractivity contribution in [2.75, 3.05) is 19.6 Å². The molecule has 1 saturated heterocycles. The molecule has 30 heavy (non-hydrogen) atoms. The number of hydrogen-bond donors (Lipinski definition) is 2. The number of nitrogens with two attached hydrogens (primary N) is 1. The Morgan fingerprint density at radius 2 is 1.90 bits per heavy atom. The first-order chi connectivity index (χ1) is 14.7. The summed E-state index contributed by atoms with van der Waals surface area (Å²) < 4.78 is 0. The molecule has 7 heteroatoms. The lowest BCUT2D eigenvalue weighted by molar-refractivity contribution is -0.127. The molecule has 1 aromatic heterocycles. The molecular weight excluding hydrogens is 396 g/mol. The second kappa shape index (κ2) is 9.73. The van der Waals surface area contributed by atoms with Crippen molar-refractivity contribution in [2.24, 2.45) is 5.73 Å². The summed E-state index contributed by atoms with van der Waals surface area (Å²) in [4.78, 5) is 31.1. The van der Waals surface area contributed by atoms with Crippen LogP contribution in [0.5, 0.6) is 0 Å². The van der Waals surface area contributed by atoms with E-state index >= 15 is 0 Å². The summed E-state index contributed by atoms with van der Waals surface area (Å²) in [5.74, 6) is -0.136. The van der Waals surface area contributed by atoms with Crippen molar-refractivity contribution in [3.63, 3.8) is 0 Å². The van der Waals surface area contributed by atoms with Gasteiger partial charge in [0.1, 0.15) is 6.04 Å². The monoisotopic (exact) mass is 426 g/mol. The molecule has 160 valence electrons. The Labute approximate surface area is 182 Å². The predicted molar refractivity (Wildman–Crippen MR) is 119 cm³/mol. The van der Waals surface area contributed by atoms with Crippen LogP contribution in [0.15, 0.2) is 47.8 Å². The maximum absolute atomic E-state index is 13.1. The van der Waals surface area contributed by atoms with E-state index in [1.807, 2.05) is 23.6 Å². The van der Waals surface area contributed by atoms with Crippen LogP contribution in [0.25, 0.3) is 0 Å². The fourth-order valence-corrected chi connectivity index (χ4v) is 5.03. The molecule has 1 aromatic carbocycles. The number of carbonyl (C=O) groups excluding carboxylic acids is 2. The third-order valence-electron chi connectivity index (χ3n) is 6.01. The van der Waals surface area contributed by atoms with E-state index in [-0.39, 0.29) is 11.8 Å². The highest BCUT2D eigenvalue weighted by atomic mass is 32.1. The Morgan fingerprint density at radius 1 is 1.10 bits per heavy atom. The molecule has 4 rings (SSSR count). The number of hydrogen-bond acceptors (Lipinski definition) is 5. The molecule has 1 saturated carbocycles. The average molecular weight is 427 g/mol. The van der Waals surface area contributed by atoms with E-state index in [9.17, 15) is 9.59 Å². The second-order valence-electron chi connectivity index (χ2n) is 8.14. The summed E-state index contributed by atoms with van der Waals surface area (Å²) in [5.41, 5.74) is 6.88. The lowest BCUT2D eigenvalue weighted by atomic mass is 9.94. The van der Waals surface area contributed by atoms with Gasteiger partial charge in [-0.2, -0.15) is 0 Å². The van der Waals surface area contributed by atoms with E-state index in [0.29, 0.717) is 43.0 Å². The van der Waals surface area contributed by atoms with E-state index in [1.54, 1.807) is 4.90 Å². The molecule has 2 aromatic rings.